The van der Waals surface area contributed by atoms with Crippen molar-refractivity contribution in [1.82, 2.24) is 4.98 Å². The Hall–Kier alpha value is -4.10. The van der Waals surface area contributed by atoms with Gasteiger partial charge in [-0.1, -0.05) is 48.0 Å². The van der Waals surface area contributed by atoms with Crippen LogP contribution in [0.15, 0.2) is 79.0 Å². The number of benzene rings is 3. The maximum absolute atomic E-state index is 14.0. The van der Waals surface area contributed by atoms with E-state index in [0.29, 0.717) is 34.8 Å². The number of carbonyl (C=O) groups is 3. The van der Waals surface area contributed by atoms with Gasteiger partial charge in [-0.15, -0.1) is 0 Å². The van der Waals surface area contributed by atoms with E-state index in [2.05, 4.69) is 4.98 Å². The Labute approximate surface area is 219 Å². The van der Waals surface area contributed by atoms with E-state index in [1.54, 1.807) is 41.4 Å². The number of aromatic nitrogens is 1. The molecule has 0 spiro atoms. The van der Waals surface area contributed by atoms with Gasteiger partial charge in [0.2, 0.25) is 11.8 Å². The second-order valence-electron chi connectivity index (χ2n) is 9.20. The standard InChI is InChI=1S/C29H27ClN4O3/c30-24-18-32-25-17-20(9-14-23(24)25)29(37)34(26(28(31)36)16-19-6-2-1-3-7-19)22-12-10-21(11-13-22)33-15-5-4-8-27(33)35/h1-3,6-7,9-14,17-18,26,32H,4-5,8,15-16H2,(H2,31,36)/t26-/m0/s1. The zero-order chi connectivity index (χ0) is 25.9. The highest BCUT2D eigenvalue weighted by Gasteiger charge is 2.31. The van der Waals surface area contributed by atoms with Gasteiger partial charge in [0, 0.05) is 53.4 Å². The van der Waals surface area contributed by atoms with Crippen molar-refractivity contribution in [3.05, 3.63) is 95.1 Å². The van der Waals surface area contributed by atoms with Crippen LogP contribution < -0.4 is 15.5 Å². The SMILES string of the molecule is NC(=O)[C@H](Cc1ccccc1)N(C(=O)c1ccc2c(Cl)c[nH]c2c1)c1ccc(N2CCCCC2=O)cc1. The molecule has 3 amide bonds. The molecule has 1 aliphatic heterocycles. The van der Waals surface area contributed by atoms with Gasteiger partial charge in [0.05, 0.1) is 5.02 Å². The fourth-order valence-corrected chi connectivity index (χ4v) is 5.05. The first-order valence-electron chi connectivity index (χ1n) is 12.3. The lowest BCUT2D eigenvalue weighted by molar-refractivity contribution is -0.120. The van der Waals surface area contributed by atoms with E-state index in [1.807, 2.05) is 42.5 Å². The second kappa shape index (κ2) is 10.5. The molecule has 0 saturated carbocycles. The molecular formula is C29H27ClN4O3. The number of hydrogen-bond acceptors (Lipinski definition) is 3. The quantitative estimate of drug-likeness (QED) is 0.359. The van der Waals surface area contributed by atoms with Gasteiger partial charge in [-0.3, -0.25) is 19.3 Å². The van der Waals surface area contributed by atoms with Crippen molar-refractivity contribution in [3.8, 4) is 0 Å². The fourth-order valence-electron chi connectivity index (χ4n) is 4.83. The summed E-state index contributed by atoms with van der Waals surface area (Å²) in [6, 6.07) is 20.9. The second-order valence-corrected chi connectivity index (χ2v) is 9.61. The Bertz CT molecular complexity index is 1450. The molecule has 3 aromatic carbocycles. The summed E-state index contributed by atoms with van der Waals surface area (Å²) in [5.41, 5.74) is 9.16. The first-order chi connectivity index (χ1) is 17.9. The van der Waals surface area contributed by atoms with Gasteiger partial charge in [-0.25, -0.2) is 0 Å². The smallest absolute Gasteiger partial charge is 0.259 e. The molecule has 0 unspecified atom stereocenters. The predicted octanol–water partition coefficient (Wildman–Crippen LogP) is 5.08. The summed E-state index contributed by atoms with van der Waals surface area (Å²) in [7, 11) is 0. The highest BCUT2D eigenvalue weighted by Crippen LogP contribution is 2.29. The molecule has 1 saturated heterocycles. The lowest BCUT2D eigenvalue weighted by Crippen LogP contribution is -2.49. The molecule has 2 heterocycles. The number of nitrogens with zero attached hydrogens (tertiary/aromatic N) is 2. The Morgan fingerprint density at radius 2 is 1.78 bits per heavy atom. The van der Waals surface area contributed by atoms with E-state index in [9.17, 15) is 14.4 Å². The summed E-state index contributed by atoms with van der Waals surface area (Å²) in [5, 5.41) is 1.36. The van der Waals surface area contributed by atoms with Crippen molar-refractivity contribution >= 4 is 51.6 Å². The number of amides is 3. The number of H-pyrrole nitrogens is 1. The molecule has 4 aromatic rings. The number of nitrogens with one attached hydrogen (secondary N) is 1. The summed E-state index contributed by atoms with van der Waals surface area (Å²) >= 11 is 6.22. The lowest BCUT2D eigenvalue weighted by atomic mass is 10.0. The highest BCUT2D eigenvalue weighted by atomic mass is 35.5. The van der Waals surface area contributed by atoms with Crippen molar-refractivity contribution < 1.29 is 14.4 Å². The summed E-state index contributed by atoms with van der Waals surface area (Å²) in [5.74, 6) is -0.894. The number of hydrogen-bond donors (Lipinski definition) is 2. The third-order valence-electron chi connectivity index (χ3n) is 6.77. The van der Waals surface area contributed by atoms with E-state index in [1.165, 1.54) is 4.90 Å². The summed E-state index contributed by atoms with van der Waals surface area (Å²) < 4.78 is 0. The van der Waals surface area contributed by atoms with Gasteiger partial charge in [0.25, 0.3) is 5.91 Å². The van der Waals surface area contributed by atoms with Crippen molar-refractivity contribution in [2.24, 2.45) is 5.73 Å². The number of anilines is 2. The molecule has 0 bridgehead atoms. The minimum Gasteiger partial charge on any atom is -0.368 e. The molecule has 1 atom stereocenters. The molecule has 0 radical (unpaired) electrons. The van der Waals surface area contributed by atoms with E-state index < -0.39 is 11.9 Å². The number of aromatic amines is 1. The molecule has 7 nitrogen and oxygen atoms in total. The Kier molecular flexibility index (Phi) is 6.97. The molecule has 5 rings (SSSR count). The van der Waals surface area contributed by atoms with Crippen molar-refractivity contribution in [3.63, 3.8) is 0 Å². The number of rotatable bonds is 7. The maximum Gasteiger partial charge on any atom is 0.259 e. The zero-order valence-electron chi connectivity index (χ0n) is 20.2. The van der Waals surface area contributed by atoms with Crippen molar-refractivity contribution in [2.75, 3.05) is 16.3 Å². The topological polar surface area (TPSA) is 99.5 Å². The monoisotopic (exact) mass is 514 g/mol. The molecule has 3 N–H and O–H groups in total. The molecule has 8 heteroatoms. The molecule has 37 heavy (non-hydrogen) atoms. The molecular weight excluding hydrogens is 488 g/mol. The summed E-state index contributed by atoms with van der Waals surface area (Å²) in [4.78, 5) is 45.4. The first-order valence-corrected chi connectivity index (χ1v) is 12.6. The third kappa shape index (κ3) is 5.08. The van der Waals surface area contributed by atoms with E-state index in [-0.39, 0.29) is 18.2 Å². The molecule has 0 aliphatic carbocycles. The third-order valence-corrected chi connectivity index (χ3v) is 7.08. The molecule has 188 valence electrons. The van der Waals surface area contributed by atoms with Crippen LogP contribution in [-0.4, -0.2) is 35.3 Å². The van der Waals surface area contributed by atoms with E-state index >= 15 is 0 Å². The minimum atomic E-state index is -0.930. The van der Waals surface area contributed by atoms with Crippen LogP contribution in [0.25, 0.3) is 10.9 Å². The van der Waals surface area contributed by atoms with Crippen LogP contribution in [0.2, 0.25) is 5.02 Å². The number of primary amides is 1. The van der Waals surface area contributed by atoms with E-state index in [0.717, 1.165) is 29.5 Å². The Morgan fingerprint density at radius 3 is 2.49 bits per heavy atom. The molecule has 1 aliphatic rings. The number of nitrogens with two attached hydrogens (primary N) is 1. The van der Waals surface area contributed by atoms with E-state index in [4.69, 9.17) is 17.3 Å². The fraction of sp³-hybridized carbons (Fsp3) is 0.207. The van der Waals surface area contributed by atoms with Crippen LogP contribution in [0.5, 0.6) is 0 Å². The summed E-state index contributed by atoms with van der Waals surface area (Å²) in [6.07, 6.45) is 4.29. The number of piperidine rings is 1. The van der Waals surface area contributed by atoms with Gasteiger partial charge in [0.15, 0.2) is 0 Å². The van der Waals surface area contributed by atoms with Crippen LogP contribution in [-0.2, 0) is 16.0 Å². The van der Waals surface area contributed by atoms with Crippen LogP contribution in [0, 0.1) is 0 Å². The average molecular weight is 515 g/mol. The van der Waals surface area contributed by atoms with Gasteiger partial charge in [-0.2, -0.15) is 0 Å². The van der Waals surface area contributed by atoms with Gasteiger partial charge in [-0.05, 0) is 54.8 Å². The Balaban J connectivity index is 1.54. The zero-order valence-corrected chi connectivity index (χ0v) is 20.9. The number of fused-ring (bicyclic) bond motifs is 1. The predicted molar refractivity (Wildman–Crippen MR) is 146 cm³/mol. The van der Waals surface area contributed by atoms with Gasteiger partial charge >= 0.3 is 0 Å². The van der Waals surface area contributed by atoms with Crippen molar-refractivity contribution in [2.45, 2.75) is 31.7 Å². The molecule has 1 fully saturated rings. The van der Waals surface area contributed by atoms with Crippen LogP contribution in [0.1, 0.15) is 35.2 Å². The average Bonchev–Trinajstić information content (AvgIpc) is 3.29. The van der Waals surface area contributed by atoms with Crippen LogP contribution in [0.4, 0.5) is 11.4 Å². The summed E-state index contributed by atoms with van der Waals surface area (Å²) in [6.45, 7) is 0.664. The minimum absolute atomic E-state index is 0.0870. The maximum atomic E-state index is 14.0. The number of halogens is 1. The normalized spacial score (nSPS) is 14.5. The Morgan fingerprint density at radius 1 is 1.03 bits per heavy atom. The highest BCUT2D eigenvalue weighted by molar-refractivity contribution is 6.35. The molecule has 1 aromatic heterocycles. The number of carbonyl (C=O) groups excluding carboxylic acids is 3. The van der Waals surface area contributed by atoms with Crippen LogP contribution in [0.3, 0.4) is 0 Å². The largest absolute Gasteiger partial charge is 0.368 e. The van der Waals surface area contributed by atoms with Gasteiger partial charge in [0.1, 0.15) is 6.04 Å². The van der Waals surface area contributed by atoms with Crippen LogP contribution >= 0.6 is 11.6 Å². The van der Waals surface area contributed by atoms with Gasteiger partial charge < -0.3 is 15.6 Å². The van der Waals surface area contributed by atoms with Crippen molar-refractivity contribution in [1.29, 1.82) is 0 Å². The lowest BCUT2D eigenvalue weighted by Gasteiger charge is -2.31. The first kappa shape index (κ1) is 24.6.